The summed E-state index contributed by atoms with van der Waals surface area (Å²) in [5.41, 5.74) is 1.35. The Bertz CT molecular complexity index is 737. The van der Waals surface area contributed by atoms with Crippen LogP contribution in [0.1, 0.15) is 38.2 Å². The van der Waals surface area contributed by atoms with Gasteiger partial charge in [-0.1, -0.05) is 19.1 Å². The van der Waals surface area contributed by atoms with Gasteiger partial charge in [0.2, 0.25) is 5.95 Å². The predicted molar refractivity (Wildman–Crippen MR) is 94.3 cm³/mol. The van der Waals surface area contributed by atoms with E-state index in [4.69, 9.17) is 0 Å². The van der Waals surface area contributed by atoms with E-state index in [2.05, 4.69) is 32.8 Å². The van der Waals surface area contributed by atoms with Crippen LogP contribution in [0.5, 0.6) is 0 Å². The number of anilines is 2. The topological polar surface area (TPSA) is 78.9 Å². The molecule has 6 nitrogen and oxygen atoms in total. The van der Waals surface area contributed by atoms with Crippen LogP contribution in [0.4, 0.5) is 20.8 Å². The zero-order valence-electron chi connectivity index (χ0n) is 14.3. The first-order valence-electron chi connectivity index (χ1n) is 8.47. The van der Waals surface area contributed by atoms with E-state index in [0.717, 1.165) is 18.4 Å². The first-order chi connectivity index (χ1) is 12.1. The highest BCUT2D eigenvalue weighted by Crippen LogP contribution is 2.26. The molecule has 1 aliphatic rings. The van der Waals surface area contributed by atoms with E-state index in [1.54, 1.807) is 30.6 Å². The summed E-state index contributed by atoms with van der Waals surface area (Å²) < 4.78 is 13.7. The van der Waals surface area contributed by atoms with E-state index in [9.17, 15) is 9.18 Å². The predicted octanol–water partition coefficient (Wildman–Crippen LogP) is 3.31. The summed E-state index contributed by atoms with van der Waals surface area (Å²) in [6.45, 7) is 4.10. The Hall–Kier alpha value is -2.70. The summed E-state index contributed by atoms with van der Waals surface area (Å²) in [7, 11) is 0. The lowest BCUT2D eigenvalue weighted by atomic mass is 9.90. The van der Waals surface area contributed by atoms with Gasteiger partial charge < -0.3 is 16.0 Å². The van der Waals surface area contributed by atoms with Gasteiger partial charge in [0.25, 0.3) is 0 Å². The fraction of sp³-hybridized carbons (Fsp3) is 0.389. The Morgan fingerprint density at radius 2 is 1.96 bits per heavy atom. The van der Waals surface area contributed by atoms with Crippen molar-refractivity contribution in [2.45, 2.75) is 44.7 Å². The van der Waals surface area contributed by atoms with Gasteiger partial charge in [0.1, 0.15) is 5.82 Å². The largest absolute Gasteiger partial charge is 0.334 e. The summed E-state index contributed by atoms with van der Waals surface area (Å²) >= 11 is 0. The lowest BCUT2D eigenvalue weighted by Crippen LogP contribution is -2.32. The van der Waals surface area contributed by atoms with Crippen LogP contribution in [0, 0.1) is 5.82 Å². The van der Waals surface area contributed by atoms with Crippen LogP contribution in [0.15, 0.2) is 36.7 Å². The lowest BCUT2D eigenvalue weighted by molar-refractivity contribution is 0.247. The Balaban J connectivity index is 1.68. The number of halogens is 1. The molecule has 25 heavy (non-hydrogen) atoms. The Kier molecular flexibility index (Phi) is 5.11. The van der Waals surface area contributed by atoms with E-state index < -0.39 is 0 Å². The fourth-order valence-corrected chi connectivity index (χ4v) is 3.05. The third-order valence-electron chi connectivity index (χ3n) is 4.57. The number of urea groups is 1. The summed E-state index contributed by atoms with van der Waals surface area (Å²) in [4.78, 5) is 20.0. The van der Waals surface area contributed by atoms with Crippen molar-refractivity contribution in [3.63, 3.8) is 0 Å². The van der Waals surface area contributed by atoms with Crippen molar-refractivity contribution in [1.29, 1.82) is 0 Å². The fourth-order valence-electron chi connectivity index (χ4n) is 3.05. The normalized spacial score (nSPS) is 20.7. The van der Waals surface area contributed by atoms with Gasteiger partial charge >= 0.3 is 6.03 Å². The standard InChI is InChI=1S/C18H22FN5O/c1-3-12(8-16-11(2)22-18(25)24-16)13-9-20-17(21-10-13)23-15-7-5-4-6-14(15)19/h4-7,9-12,16H,3,8H2,1-2H3,(H,20,21,23)(H2,22,24,25). The van der Waals surface area contributed by atoms with Crippen molar-refractivity contribution in [3.8, 4) is 0 Å². The summed E-state index contributed by atoms with van der Waals surface area (Å²) in [5.74, 6) is 0.253. The molecular weight excluding hydrogens is 321 g/mol. The van der Waals surface area contributed by atoms with Gasteiger partial charge in [-0.2, -0.15) is 0 Å². The Morgan fingerprint density at radius 3 is 2.56 bits per heavy atom. The van der Waals surface area contributed by atoms with Crippen molar-refractivity contribution in [2.24, 2.45) is 0 Å². The van der Waals surface area contributed by atoms with Gasteiger partial charge in [-0.15, -0.1) is 0 Å². The Labute approximate surface area is 146 Å². The van der Waals surface area contributed by atoms with Crippen molar-refractivity contribution < 1.29 is 9.18 Å². The molecule has 3 rings (SSSR count). The zero-order valence-corrected chi connectivity index (χ0v) is 14.3. The summed E-state index contributed by atoms with van der Waals surface area (Å²) in [6.07, 6.45) is 5.26. The molecular formula is C18H22FN5O. The van der Waals surface area contributed by atoms with E-state index in [0.29, 0.717) is 11.6 Å². The number of hydrogen-bond donors (Lipinski definition) is 3. The van der Waals surface area contributed by atoms with E-state index in [1.165, 1.54) is 6.07 Å². The monoisotopic (exact) mass is 343 g/mol. The second kappa shape index (κ2) is 7.46. The number of nitrogens with one attached hydrogen (secondary N) is 3. The highest BCUT2D eigenvalue weighted by atomic mass is 19.1. The molecule has 2 amide bonds. The van der Waals surface area contributed by atoms with Crippen molar-refractivity contribution in [2.75, 3.05) is 5.32 Å². The Morgan fingerprint density at radius 1 is 1.24 bits per heavy atom. The SMILES string of the molecule is CCC(CC1NC(=O)NC1C)c1cnc(Nc2ccccc2F)nc1. The molecule has 1 aromatic carbocycles. The number of aromatic nitrogens is 2. The molecule has 0 radical (unpaired) electrons. The lowest BCUT2D eigenvalue weighted by Gasteiger charge is -2.21. The summed E-state index contributed by atoms with van der Waals surface area (Å²) in [6, 6.07) is 6.48. The average Bonchev–Trinajstić information content (AvgIpc) is 2.93. The van der Waals surface area contributed by atoms with Gasteiger partial charge in [0, 0.05) is 18.4 Å². The van der Waals surface area contributed by atoms with Gasteiger partial charge in [0.15, 0.2) is 0 Å². The highest BCUT2D eigenvalue weighted by Gasteiger charge is 2.30. The van der Waals surface area contributed by atoms with Crippen molar-refractivity contribution >= 4 is 17.7 Å². The van der Waals surface area contributed by atoms with Crippen LogP contribution in [0.2, 0.25) is 0 Å². The smallest absolute Gasteiger partial charge is 0.315 e. The maximum atomic E-state index is 13.7. The maximum absolute atomic E-state index is 13.7. The number of carbonyl (C=O) groups is 1. The van der Waals surface area contributed by atoms with Gasteiger partial charge in [-0.05, 0) is 43.4 Å². The minimum absolute atomic E-state index is 0.0914. The minimum atomic E-state index is -0.347. The number of amides is 2. The molecule has 2 heterocycles. The maximum Gasteiger partial charge on any atom is 0.315 e. The molecule has 0 bridgehead atoms. The van der Waals surface area contributed by atoms with Crippen LogP contribution in [-0.4, -0.2) is 28.1 Å². The molecule has 132 valence electrons. The number of hydrogen-bond acceptors (Lipinski definition) is 4. The number of carbonyl (C=O) groups excluding carboxylic acids is 1. The minimum Gasteiger partial charge on any atom is -0.334 e. The van der Waals surface area contributed by atoms with Gasteiger partial charge in [-0.3, -0.25) is 0 Å². The summed E-state index contributed by atoms with van der Waals surface area (Å²) in [5, 5.41) is 8.68. The number of rotatable bonds is 6. The molecule has 3 N–H and O–H groups in total. The first-order valence-corrected chi connectivity index (χ1v) is 8.47. The zero-order chi connectivity index (χ0) is 17.8. The second-order valence-electron chi connectivity index (χ2n) is 6.30. The van der Waals surface area contributed by atoms with Crippen LogP contribution in [-0.2, 0) is 0 Å². The molecule has 3 unspecified atom stereocenters. The molecule has 7 heteroatoms. The molecule has 1 saturated heterocycles. The van der Waals surface area contributed by atoms with E-state index in [1.807, 2.05) is 6.92 Å². The van der Waals surface area contributed by atoms with Crippen LogP contribution >= 0.6 is 0 Å². The number of benzene rings is 1. The quantitative estimate of drug-likeness (QED) is 0.752. The molecule has 3 atom stereocenters. The van der Waals surface area contributed by atoms with Gasteiger partial charge in [-0.25, -0.2) is 19.2 Å². The second-order valence-corrected chi connectivity index (χ2v) is 6.30. The van der Waals surface area contributed by atoms with Crippen molar-refractivity contribution in [1.82, 2.24) is 20.6 Å². The van der Waals surface area contributed by atoms with E-state index in [-0.39, 0.29) is 29.8 Å². The number of nitrogens with zero attached hydrogens (tertiary/aromatic N) is 2. The molecule has 1 fully saturated rings. The molecule has 1 aliphatic heterocycles. The van der Waals surface area contributed by atoms with Crippen molar-refractivity contribution in [3.05, 3.63) is 48.0 Å². The first kappa shape index (κ1) is 17.1. The molecule has 0 saturated carbocycles. The van der Waals surface area contributed by atoms with Crippen LogP contribution < -0.4 is 16.0 Å². The third-order valence-corrected chi connectivity index (χ3v) is 4.57. The molecule has 1 aromatic heterocycles. The molecule has 0 spiro atoms. The highest BCUT2D eigenvalue weighted by molar-refractivity contribution is 5.77. The molecule has 2 aromatic rings. The van der Waals surface area contributed by atoms with Crippen LogP contribution in [0.3, 0.4) is 0 Å². The number of para-hydroxylation sites is 1. The third kappa shape index (κ3) is 4.04. The van der Waals surface area contributed by atoms with E-state index >= 15 is 0 Å². The van der Waals surface area contributed by atoms with Crippen LogP contribution in [0.25, 0.3) is 0 Å². The van der Waals surface area contributed by atoms with Gasteiger partial charge in [0.05, 0.1) is 11.7 Å². The molecule has 0 aliphatic carbocycles. The average molecular weight is 343 g/mol.